The highest BCUT2D eigenvalue weighted by Gasteiger charge is 2.43. The van der Waals surface area contributed by atoms with E-state index in [2.05, 4.69) is 49.6 Å². The van der Waals surface area contributed by atoms with Crippen molar-refractivity contribution in [2.24, 2.45) is 5.92 Å². The molecule has 2 atom stereocenters. The zero-order valence-electron chi connectivity index (χ0n) is 26.2. The number of hydrogen-bond donors (Lipinski definition) is 1. The van der Waals surface area contributed by atoms with Gasteiger partial charge in [-0.3, -0.25) is 4.79 Å². The van der Waals surface area contributed by atoms with E-state index in [0.717, 1.165) is 34.1 Å². The van der Waals surface area contributed by atoms with Gasteiger partial charge in [-0.2, -0.15) is 4.98 Å². The van der Waals surface area contributed by atoms with Gasteiger partial charge in [0, 0.05) is 52.1 Å². The van der Waals surface area contributed by atoms with E-state index in [0.29, 0.717) is 49.7 Å². The molecule has 0 saturated heterocycles. The molecule has 43 heavy (non-hydrogen) atoms. The first-order valence-electron chi connectivity index (χ1n) is 14.8. The second-order valence-corrected chi connectivity index (χ2v) is 25.0. The molecule has 0 aromatic carbocycles. The molecule has 232 valence electrons. The molecule has 0 aliphatic heterocycles. The molecular formula is C30H43FN6O4Si2. The van der Waals surface area contributed by atoms with Crippen molar-refractivity contribution in [2.75, 3.05) is 25.6 Å². The van der Waals surface area contributed by atoms with Crippen molar-refractivity contribution in [3.63, 3.8) is 0 Å². The summed E-state index contributed by atoms with van der Waals surface area (Å²) < 4.78 is 35.2. The maximum Gasteiger partial charge on any atom is 0.231 e. The van der Waals surface area contributed by atoms with Gasteiger partial charge < -0.3 is 28.7 Å². The molecule has 0 bridgehead atoms. The molecule has 1 N–H and O–H groups in total. The smallest absolute Gasteiger partial charge is 0.231 e. The van der Waals surface area contributed by atoms with Gasteiger partial charge in [-0.05, 0) is 36.7 Å². The van der Waals surface area contributed by atoms with Crippen molar-refractivity contribution in [2.45, 2.75) is 77.4 Å². The number of hydrogen-bond acceptors (Lipinski definition) is 7. The van der Waals surface area contributed by atoms with Crippen LogP contribution in [0.3, 0.4) is 0 Å². The molecule has 1 amide bonds. The third-order valence-electron chi connectivity index (χ3n) is 7.54. The first-order chi connectivity index (χ1) is 20.3. The number of rotatable bonds is 14. The Kier molecular flexibility index (Phi) is 9.07. The van der Waals surface area contributed by atoms with E-state index >= 15 is 0 Å². The van der Waals surface area contributed by atoms with Crippen molar-refractivity contribution >= 4 is 50.1 Å². The summed E-state index contributed by atoms with van der Waals surface area (Å²) in [6.45, 7) is 16.0. The van der Waals surface area contributed by atoms with Crippen LogP contribution in [0.4, 0.5) is 10.2 Å². The molecule has 5 rings (SSSR count). The Morgan fingerprint density at radius 3 is 2.26 bits per heavy atom. The predicted octanol–water partition coefficient (Wildman–Crippen LogP) is 6.38. The molecular weight excluding hydrogens is 584 g/mol. The van der Waals surface area contributed by atoms with Crippen molar-refractivity contribution in [1.82, 2.24) is 24.1 Å². The number of anilines is 1. The minimum absolute atomic E-state index is 0.259. The molecule has 0 unspecified atom stereocenters. The predicted molar refractivity (Wildman–Crippen MR) is 173 cm³/mol. The number of fused-ring (bicyclic) bond motifs is 2. The monoisotopic (exact) mass is 626 g/mol. The third-order valence-corrected chi connectivity index (χ3v) is 10.9. The van der Waals surface area contributed by atoms with Gasteiger partial charge >= 0.3 is 0 Å². The molecule has 10 nitrogen and oxygen atoms in total. The number of amides is 1. The first-order valence-corrected chi connectivity index (χ1v) is 22.2. The minimum Gasteiger partial charge on any atom is -0.480 e. The van der Waals surface area contributed by atoms with Crippen molar-refractivity contribution in [3.05, 3.63) is 30.7 Å². The highest BCUT2D eigenvalue weighted by Crippen LogP contribution is 2.38. The molecule has 4 aromatic heterocycles. The van der Waals surface area contributed by atoms with E-state index in [9.17, 15) is 9.18 Å². The Labute approximate surface area is 254 Å². The van der Waals surface area contributed by atoms with Crippen LogP contribution < -0.4 is 10.1 Å². The zero-order valence-corrected chi connectivity index (χ0v) is 28.2. The zero-order chi connectivity index (χ0) is 30.9. The van der Waals surface area contributed by atoms with Crippen LogP contribution in [0.1, 0.15) is 6.42 Å². The number of nitrogens with one attached hydrogen (secondary N) is 1. The number of carbonyl (C=O) groups excluding carboxylic acids is 1. The number of aromatic nitrogens is 5. The quantitative estimate of drug-likeness (QED) is 0.128. The van der Waals surface area contributed by atoms with Gasteiger partial charge in [0.2, 0.25) is 11.8 Å². The molecule has 1 aliphatic carbocycles. The number of methoxy groups -OCH3 is 1. The fourth-order valence-corrected chi connectivity index (χ4v) is 6.22. The van der Waals surface area contributed by atoms with Crippen LogP contribution in [-0.2, 0) is 27.7 Å². The van der Waals surface area contributed by atoms with E-state index in [1.165, 1.54) is 0 Å². The van der Waals surface area contributed by atoms with Crippen LogP contribution in [0.25, 0.3) is 33.3 Å². The molecule has 4 aromatic rings. The van der Waals surface area contributed by atoms with Crippen LogP contribution in [0.2, 0.25) is 51.4 Å². The van der Waals surface area contributed by atoms with Crippen molar-refractivity contribution in [3.8, 4) is 17.0 Å². The number of pyridine rings is 2. The fraction of sp³-hybridized carbons (Fsp3) is 0.533. The number of nitrogens with zero attached hydrogens (tertiary/aromatic N) is 5. The van der Waals surface area contributed by atoms with E-state index in [1.807, 2.05) is 27.5 Å². The van der Waals surface area contributed by atoms with Crippen LogP contribution in [0.5, 0.6) is 5.88 Å². The Morgan fingerprint density at radius 1 is 1.00 bits per heavy atom. The topological polar surface area (TPSA) is 105 Å². The van der Waals surface area contributed by atoms with Gasteiger partial charge in [-0.1, -0.05) is 39.3 Å². The Hall–Kier alpha value is -3.14. The van der Waals surface area contributed by atoms with Gasteiger partial charge in [0.05, 0.1) is 24.9 Å². The number of carbonyl (C=O) groups is 1. The maximum absolute atomic E-state index is 13.5. The van der Waals surface area contributed by atoms with Crippen LogP contribution >= 0.6 is 0 Å². The van der Waals surface area contributed by atoms with Gasteiger partial charge in [-0.15, -0.1) is 0 Å². The Morgan fingerprint density at radius 2 is 1.65 bits per heavy atom. The standard InChI is InChI=1S/C30H43FN6O4Si2/c1-39-30-21(15-25-27(35-30)32-17-37(25)19-41-11-13-43(5,6)7)23-16-36(18-40-10-12-42(2,3)4)28-20(23)8-9-26(33-28)34-29(38)22-14-24(22)31/h8-9,15-17,22,24H,10-14,18-19H2,1-7H3,(H,33,34,38)/t22-,24+/m1/s1. The van der Waals surface area contributed by atoms with Gasteiger partial charge in [0.1, 0.15) is 31.1 Å². The van der Waals surface area contributed by atoms with Gasteiger partial charge in [-0.25, -0.2) is 14.4 Å². The molecule has 4 heterocycles. The van der Waals surface area contributed by atoms with E-state index in [4.69, 9.17) is 24.2 Å². The lowest BCUT2D eigenvalue weighted by Gasteiger charge is -2.15. The summed E-state index contributed by atoms with van der Waals surface area (Å²) in [5.74, 6) is -0.133. The highest BCUT2D eigenvalue weighted by atomic mass is 28.3. The Balaban J connectivity index is 1.49. The number of ether oxygens (including phenoxy) is 3. The van der Waals surface area contributed by atoms with E-state index in [1.54, 1.807) is 19.5 Å². The molecule has 0 spiro atoms. The summed E-state index contributed by atoms with van der Waals surface area (Å²) >= 11 is 0. The van der Waals surface area contributed by atoms with Gasteiger partial charge in [0.25, 0.3) is 0 Å². The average Bonchev–Trinajstić information content (AvgIpc) is 3.39. The number of halogens is 1. The highest BCUT2D eigenvalue weighted by molar-refractivity contribution is 6.76. The minimum atomic E-state index is -1.26. The lowest BCUT2D eigenvalue weighted by atomic mass is 10.1. The third kappa shape index (κ3) is 7.69. The van der Waals surface area contributed by atoms with E-state index in [-0.39, 0.29) is 12.3 Å². The second-order valence-electron chi connectivity index (χ2n) is 13.7. The summed E-state index contributed by atoms with van der Waals surface area (Å²) in [6.07, 6.45) is 2.90. The lowest BCUT2D eigenvalue weighted by Crippen LogP contribution is -2.22. The number of imidazole rings is 1. The largest absolute Gasteiger partial charge is 0.480 e. The Bertz CT molecular complexity index is 1610. The molecule has 13 heteroatoms. The molecule has 1 saturated carbocycles. The maximum atomic E-state index is 13.5. The molecule has 0 radical (unpaired) electrons. The molecule has 1 fully saturated rings. The van der Waals surface area contributed by atoms with Crippen LogP contribution in [-0.4, -0.2) is 72.6 Å². The summed E-state index contributed by atoms with van der Waals surface area (Å²) in [4.78, 5) is 26.4. The SMILES string of the molecule is COc1nc2ncn(COCC[Si](C)(C)C)c2cc1-c1cn(COCC[Si](C)(C)C)c2nc(NC(=O)[C@@H]3C[C@@H]3F)ccc12. The van der Waals surface area contributed by atoms with Gasteiger partial charge in [0.15, 0.2) is 5.65 Å². The second kappa shape index (κ2) is 12.5. The van der Waals surface area contributed by atoms with Crippen molar-refractivity contribution < 1.29 is 23.4 Å². The van der Waals surface area contributed by atoms with Crippen LogP contribution in [0.15, 0.2) is 30.7 Å². The fourth-order valence-electron chi connectivity index (χ4n) is 4.70. The average molecular weight is 627 g/mol. The summed E-state index contributed by atoms with van der Waals surface area (Å²) in [5.41, 5.74) is 3.68. The molecule has 1 aliphatic rings. The summed E-state index contributed by atoms with van der Waals surface area (Å²) in [7, 11) is -0.869. The van der Waals surface area contributed by atoms with Crippen LogP contribution in [0, 0.1) is 5.92 Å². The van der Waals surface area contributed by atoms with E-state index < -0.39 is 28.2 Å². The first kappa shape index (κ1) is 31.3. The normalized spacial score (nSPS) is 17.1. The summed E-state index contributed by atoms with van der Waals surface area (Å²) in [5, 5.41) is 3.62. The lowest BCUT2D eigenvalue weighted by molar-refractivity contribution is -0.117. The summed E-state index contributed by atoms with van der Waals surface area (Å²) in [6, 6.07) is 7.79. The van der Waals surface area contributed by atoms with Crippen molar-refractivity contribution in [1.29, 1.82) is 0 Å². The number of alkyl halides is 1.